The van der Waals surface area contributed by atoms with Crippen LogP contribution in [0, 0.1) is 0 Å². The third kappa shape index (κ3) is 3.23. The molecule has 2 aliphatic rings. The quantitative estimate of drug-likeness (QED) is 0.679. The van der Waals surface area contributed by atoms with E-state index >= 15 is 0 Å². The van der Waals surface area contributed by atoms with Crippen molar-refractivity contribution < 1.29 is 9.53 Å². The van der Waals surface area contributed by atoms with Gasteiger partial charge >= 0.3 is 0 Å². The summed E-state index contributed by atoms with van der Waals surface area (Å²) in [6.07, 6.45) is 5.04. The minimum absolute atomic E-state index is 0.121. The second kappa shape index (κ2) is 7.72. The molecule has 5 heteroatoms. The van der Waals surface area contributed by atoms with E-state index in [1.807, 2.05) is 24.3 Å². The van der Waals surface area contributed by atoms with Crippen LogP contribution in [0.3, 0.4) is 0 Å². The van der Waals surface area contributed by atoms with Crippen LogP contribution in [-0.4, -0.2) is 54.5 Å². The Kier molecular flexibility index (Phi) is 5.01. The first kappa shape index (κ1) is 20.1. The van der Waals surface area contributed by atoms with Crippen LogP contribution < -0.4 is 4.74 Å². The smallest absolute Gasteiger partial charge is 0.254 e. The van der Waals surface area contributed by atoms with Gasteiger partial charge in [-0.25, -0.2) is 0 Å². The van der Waals surface area contributed by atoms with E-state index in [1.165, 1.54) is 22.2 Å². The highest BCUT2D eigenvalue weighted by molar-refractivity contribution is 5.96. The maximum absolute atomic E-state index is 13.8. The van der Waals surface area contributed by atoms with Crippen molar-refractivity contribution >= 4 is 16.8 Å². The fraction of sp³-hybridized carbons (Fsp3) is 0.423. The normalized spacial score (nSPS) is 23.4. The summed E-state index contributed by atoms with van der Waals surface area (Å²) in [7, 11) is 5.98. The van der Waals surface area contributed by atoms with Crippen molar-refractivity contribution in [3.63, 3.8) is 0 Å². The summed E-state index contributed by atoms with van der Waals surface area (Å²) in [5.74, 6) is 0.893. The molecule has 1 N–H and O–H groups in total. The molecule has 0 bridgehead atoms. The predicted molar refractivity (Wildman–Crippen MR) is 124 cm³/mol. The maximum Gasteiger partial charge on any atom is 0.254 e. The van der Waals surface area contributed by atoms with Crippen LogP contribution in [0.5, 0.6) is 5.75 Å². The highest BCUT2D eigenvalue weighted by Gasteiger charge is 2.49. The Bertz CT molecular complexity index is 1090. The minimum Gasteiger partial charge on any atom is -0.497 e. The molecule has 1 fully saturated rings. The molecule has 0 saturated heterocycles. The lowest BCUT2D eigenvalue weighted by molar-refractivity contribution is 0.0140. The number of nitrogens with one attached hydrogen (secondary N) is 1. The number of rotatable bonds is 3. The van der Waals surface area contributed by atoms with Gasteiger partial charge in [-0.05, 0) is 82.1 Å². The van der Waals surface area contributed by atoms with Gasteiger partial charge in [0, 0.05) is 34.7 Å². The van der Waals surface area contributed by atoms with Crippen molar-refractivity contribution in [2.75, 3.05) is 27.7 Å². The number of nitrogens with zero attached hydrogens (tertiary/aromatic N) is 2. The minimum atomic E-state index is -0.268. The van der Waals surface area contributed by atoms with Crippen LogP contribution in [0.25, 0.3) is 10.9 Å². The summed E-state index contributed by atoms with van der Waals surface area (Å²) in [6.45, 7) is 0.756. The summed E-state index contributed by atoms with van der Waals surface area (Å²) >= 11 is 0. The van der Waals surface area contributed by atoms with E-state index in [0.717, 1.165) is 50.0 Å². The molecule has 1 aromatic heterocycles. The number of hydrogen-bond donors (Lipinski definition) is 1. The lowest BCUT2D eigenvalue weighted by atomic mass is 9.72. The van der Waals surface area contributed by atoms with E-state index in [1.54, 1.807) is 7.11 Å². The Labute approximate surface area is 184 Å². The number of H-pyrrole nitrogens is 1. The van der Waals surface area contributed by atoms with E-state index in [-0.39, 0.29) is 11.4 Å². The van der Waals surface area contributed by atoms with Crippen molar-refractivity contribution in [3.05, 3.63) is 65.4 Å². The number of para-hydroxylation sites is 1. The monoisotopic (exact) mass is 417 g/mol. The molecular weight excluding hydrogens is 386 g/mol. The molecule has 5 rings (SSSR count). The number of aromatic amines is 1. The number of amides is 1. The van der Waals surface area contributed by atoms with Crippen molar-refractivity contribution in [2.24, 2.45) is 0 Å². The third-order valence-electron chi connectivity index (χ3n) is 7.48. The molecule has 1 aliphatic carbocycles. The Balaban J connectivity index is 1.58. The molecular formula is C26H31N3O2. The number of aromatic nitrogens is 1. The molecule has 31 heavy (non-hydrogen) atoms. The zero-order valence-electron chi connectivity index (χ0n) is 18.6. The van der Waals surface area contributed by atoms with Crippen LogP contribution in [0.1, 0.15) is 47.3 Å². The highest BCUT2D eigenvalue weighted by atomic mass is 16.5. The first-order chi connectivity index (χ1) is 15.0. The van der Waals surface area contributed by atoms with E-state index in [4.69, 9.17) is 4.74 Å². The maximum atomic E-state index is 13.8. The summed E-state index contributed by atoms with van der Waals surface area (Å²) < 4.78 is 5.28. The Morgan fingerprint density at radius 3 is 2.48 bits per heavy atom. The van der Waals surface area contributed by atoms with Gasteiger partial charge in [-0.2, -0.15) is 0 Å². The lowest BCUT2D eigenvalue weighted by Gasteiger charge is -2.51. The van der Waals surface area contributed by atoms with Crippen LogP contribution in [-0.2, 0) is 12.0 Å². The first-order valence-corrected chi connectivity index (χ1v) is 11.3. The molecule has 5 nitrogen and oxygen atoms in total. The van der Waals surface area contributed by atoms with Crippen molar-refractivity contribution in [3.8, 4) is 5.75 Å². The predicted octanol–water partition coefficient (Wildman–Crippen LogP) is 4.57. The zero-order valence-corrected chi connectivity index (χ0v) is 18.6. The molecule has 2 heterocycles. The summed E-state index contributed by atoms with van der Waals surface area (Å²) in [4.78, 5) is 22.0. The Morgan fingerprint density at radius 2 is 1.81 bits per heavy atom. The molecule has 1 aliphatic heterocycles. The number of hydrogen-bond acceptors (Lipinski definition) is 3. The molecule has 2 aromatic carbocycles. The van der Waals surface area contributed by atoms with Crippen LogP contribution in [0.4, 0.5) is 0 Å². The Hall–Kier alpha value is -2.79. The molecule has 162 valence electrons. The van der Waals surface area contributed by atoms with Gasteiger partial charge in [0.2, 0.25) is 0 Å². The number of benzene rings is 2. The van der Waals surface area contributed by atoms with Crippen molar-refractivity contribution in [2.45, 2.75) is 43.7 Å². The number of carbonyl (C=O) groups is 1. The van der Waals surface area contributed by atoms with Crippen molar-refractivity contribution in [1.82, 2.24) is 14.8 Å². The lowest BCUT2D eigenvalue weighted by Crippen LogP contribution is -2.56. The summed E-state index contributed by atoms with van der Waals surface area (Å²) in [5, 5.41) is 1.31. The second-order valence-electron chi connectivity index (χ2n) is 9.19. The molecule has 0 atom stereocenters. The van der Waals surface area contributed by atoms with Gasteiger partial charge in [0.1, 0.15) is 5.75 Å². The zero-order chi connectivity index (χ0) is 21.6. The second-order valence-corrected chi connectivity index (χ2v) is 9.19. The van der Waals surface area contributed by atoms with Crippen molar-refractivity contribution in [1.29, 1.82) is 0 Å². The number of carbonyl (C=O) groups excluding carboxylic acids is 1. The number of methoxy groups -OCH3 is 1. The summed E-state index contributed by atoms with van der Waals surface area (Å²) in [5.41, 5.74) is 4.31. The average Bonchev–Trinajstić information content (AvgIpc) is 3.19. The SMILES string of the molecule is COc1ccc(C(=O)N2CCc3c([nH]c4ccccc34)C23CCC(N(C)C)CC3)cc1. The standard InChI is InChI=1S/C26H31N3O2/c1-28(2)19-12-15-26(16-13-19)24-22(21-6-4-5-7-23(21)27-24)14-17-29(26)25(30)18-8-10-20(31-3)11-9-18/h4-11,19,27H,12-17H2,1-3H3. The largest absolute Gasteiger partial charge is 0.497 e. The molecule has 1 spiro atoms. The van der Waals surface area contributed by atoms with Crippen LogP contribution in [0.15, 0.2) is 48.5 Å². The topological polar surface area (TPSA) is 48.6 Å². The molecule has 1 amide bonds. The van der Waals surface area contributed by atoms with E-state index < -0.39 is 0 Å². The van der Waals surface area contributed by atoms with E-state index in [9.17, 15) is 4.79 Å². The van der Waals surface area contributed by atoms with Gasteiger partial charge in [-0.1, -0.05) is 18.2 Å². The fourth-order valence-electron chi connectivity index (χ4n) is 5.73. The highest BCUT2D eigenvalue weighted by Crippen LogP contribution is 2.48. The van der Waals surface area contributed by atoms with E-state index in [2.05, 4.69) is 53.1 Å². The molecule has 0 radical (unpaired) electrons. The molecule has 1 saturated carbocycles. The van der Waals surface area contributed by atoms with E-state index in [0.29, 0.717) is 6.04 Å². The Morgan fingerprint density at radius 1 is 1.10 bits per heavy atom. The van der Waals surface area contributed by atoms with Crippen LogP contribution in [0.2, 0.25) is 0 Å². The molecule has 0 unspecified atom stereocenters. The van der Waals surface area contributed by atoms with Crippen LogP contribution >= 0.6 is 0 Å². The number of fused-ring (bicyclic) bond motifs is 4. The molecule has 3 aromatic rings. The summed E-state index contributed by atoms with van der Waals surface area (Å²) in [6, 6.07) is 16.7. The first-order valence-electron chi connectivity index (χ1n) is 11.3. The number of ether oxygens (including phenoxy) is 1. The third-order valence-corrected chi connectivity index (χ3v) is 7.48. The van der Waals surface area contributed by atoms with Gasteiger partial charge in [0.05, 0.1) is 12.6 Å². The van der Waals surface area contributed by atoms with Gasteiger partial charge in [-0.3, -0.25) is 4.79 Å². The average molecular weight is 418 g/mol. The van der Waals surface area contributed by atoms with Gasteiger partial charge in [-0.15, -0.1) is 0 Å². The fourth-order valence-corrected chi connectivity index (χ4v) is 5.73. The van der Waals surface area contributed by atoms with Gasteiger partial charge in [0.25, 0.3) is 5.91 Å². The van der Waals surface area contributed by atoms with Gasteiger partial charge in [0.15, 0.2) is 0 Å². The van der Waals surface area contributed by atoms with Gasteiger partial charge < -0.3 is 19.5 Å².